The molecule has 0 spiro atoms. The molecule has 6 nitrogen and oxygen atoms in total. The van der Waals surface area contributed by atoms with Gasteiger partial charge in [-0.3, -0.25) is 4.79 Å². The Kier molecular flexibility index (Phi) is 6.97. The van der Waals surface area contributed by atoms with Gasteiger partial charge >= 0.3 is 5.97 Å². The van der Waals surface area contributed by atoms with Crippen molar-refractivity contribution in [3.63, 3.8) is 0 Å². The Labute approximate surface area is 158 Å². The third-order valence-corrected chi connectivity index (χ3v) is 4.09. The largest absolute Gasteiger partial charge is 0.449 e. The van der Waals surface area contributed by atoms with Gasteiger partial charge in [-0.25, -0.2) is 9.78 Å². The molecule has 1 amide bonds. The molecule has 1 atom stereocenters. The first kappa shape index (κ1) is 19.7. The van der Waals surface area contributed by atoms with Crippen molar-refractivity contribution < 1.29 is 14.3 Å². The molecule has 0 bridgehead atoms. The normalized spacial score (nSPS) is 11.5. The van der Waals surface area contributed by atoms with E-state index in [1.165, 1.54) is 13.1 Å². The van der Waals surface area contributed by atoms with Crippen LogP contribution in [0.4, 0.5) is 11.5 Å². The van der Waals surface area contributed by atoms with Gasteiger partial charge in [-0.15, -0.1) is 0 Å². The van der Waals surface area contributed by atoms with Crippen LogP contribution in [0.5, 0.6) is 0 Å². The molecule has 7 heteroatoms. The van der Waals surface area contributed by atoms with Gasteiger partial charge in [0.1, 0.15) is 5.82 Å². The summed E-state index contributed by atoms with van der Waals surface area (Å²) in [5.41, 5.74) is 1.43. The first-order valence-corrected chi connectivity index (χ1v) is 8.80. The number of hydrogen-bond donors (Lipinski definition) is 1. The van der Waals surface area contributed by atoms with Gasteiger partial charge in [0, 0.05) is 25.0 Å². The maximum atomic E-state index is 12.2. The highest BCUT2D eigenvalue weighted by molar-refractivity contribution is 6.30. The first-order valence-electron chi connectivity index (χ1n) is 8.43. The molecule has 1 aromatic heterocycles. The number of aromatic nitrogens is 1. The fourth-order valence-electron chi connectivity index (χ4n) is 2.36. The Hall–Kier alpha value is -2.60. The number of pyridine rings is 1. The van der Waals surface area contributed by atoms with Crippen molar-refractivity contribution in [1.29, 1.82) is 0 Å². The topological polar surface area (TPSA) is 71.5 Å². The molecule has 1 aromatic carbocycles. The summed E-state index contributed by atoms with van der Waals surface area (Å²) in [4.78, 5) is 30.5. The van der Waals surface area contributed by atoms with E-state index < -0.39 is 18.0 Å². The van der Waals surface area contributed by atoms with Crippen molar-refractivity contribution in [1.82, 2.24) is 4.98 Å². The molecule has 1 unspecified atom stereocenters. The minimum Gasteiger partial charge on any atom is -0.449 e. The SMILES string of the molecule is CCN(CC)c1ccc(C(=O)OC(C)C(=O)Nc2ccc(Cl)cn2)cc1. The Morgan fingerprint density at radius 2 is 1.81 bits per heavy atom. The molecule has 1 N–H and O–H groups in total. The molecule has 2 rings (SSSR count). The zero-order chi connectivity index (χ0) is 19.1. The van der Waals surface area contributed by atoms with Gasteiger partial charge in [0.15, 0.2) is 6.10 Å². The van der Waals surface area contributed by atoms with Crippen LogP contribution in [-0.4, -0.2) is 36.1 Å². The van der Waals surface area contributed by atoms with Crippen molar-refractivity contribution in [3.05, 3.63) is 53.2 Å². The Morgan fingerprint density at radius 1 is 1.15 bits per heavy atom. The Balaban J connectivity index is 1.95. The summed E-state index contributed by atoms with van der Waals surface area (Å²) in [7, 11) is 0. The second-order valence-corrected chi connectivity index (χ2v) is 6.05. The van der Waals surface area contributed by atoms with Crippen molar-refractivity contribution in [2.24, 2.45) is 0 Å². The second kappa shape index (κ2) is 9.20. The Morgan fingerprint density at radius 3 is 2.35 bits per heavy atom. The second-order valence-electron chi connectivity index (χ2n) is 5.62. The molecule has 0 fully saturated rings. The number of hydrogen-bond acceptors (Lipinski definition) is 5. The molecule has 0 saturated carbocycles. The van der Waals surface area contributed by atoms with Gasteiger partial charge in [0.2, 0.25) is 0 Å². The first-order chi connectivity index (χ1) is 12.4. The van der Waals surface area contributed by atoms with E-state index in [0.29, 0.717) is 16.4 Å². The number of carbonyl (C=O) groups excluding carboxylic acids is 2. The minimum atomic E-state index is -0.956. The maximum absolute atomic E-state index is 12.2. The van der Waals surface area contributed by atoms with E-state index in [1.54, 1.807) is 24.3 Å². The summed E-state index contributed by atoms with van der Waals surface area (Å²) in [5.74, 6) is -0.679. The monoisotopic (exact) mass is 375 g/mol. The molecule has 1 heterocycles. The number of halogens is 1. The van der Waals surface area contributed by atoms with E-state index >= 15 is 0 Å². The van der Waals surface area contributed by atoms with Gasteiger partial charge in [-0.2, -0.15) is 0 Å². The van der Waals surface area contributed by atoms with Gasteiger partial charge in [0.25, 0.3) is 5.91 Å². The summed E-state index contributed by atoms with van der Waals surface area (Å²) in [6.45, 7) is 7.42. The number of esters is 1. The number of nitrogens with zero attached hydrogens (tertiary/aromatic N) is 2. The molecule has 26 heavy (non-hydrogen) atoms. The van der Waals surface area contributed by atoms with Gasteiger partial charge < -0.3 is 15.0 Å². The standard InChI is InChI=1S/C19H22ClN3O3/c1-4-23(5-2)16-9-6-14(7-10-16)19(25)26-13(3)18(24)22-17-11-8-15(20)12-21-17/h6-13H,4-5H2,1-3H3,(H,21,22,24). The third-order valence-electron chi connectivity index (χ3n) is 3.86. The molecular weight excluding hydrogens is 354 g/mol. The lowest BCUT2D eigenvalue weighted by Gasteiger charge is -2.21. The molecular formula is C19H22ClN3O3. The maximum Gasteiger partial charge on any atom is 0.338 e. The predicted octanol–water partition coefficient (Wildman–Crippen LogP) is 3.77. The van der Waals surface area contributed by atoms with Crippen molar-refractivity contribution in [3.8, 4) is 0 Å². The highest BCUT2D eigenvalue weighted by Crippen LogP contribution is 2.16. The van der Waals surface area contributed by atoms with Crippen LogP contribution >= 0.6 is 11.6 Å². The van der Waals surface area contributed by atoms with E-state index in [4.69, 9.17) is 16.3 Å². The zero-order valence-corrected chi connectivity index (χ0v) is 15.8. The molecule has 0 aliphatic heterocycles. The fourth-order valence-corrected chi connectivity index (χ4v) is 2.47. The molecule has 0 aliphatic carbocycles. The summed E-state index contributed by atoms with van der Waals surface area (Å²) in [5, 5.41) is 3.04. The summed E-state index contributed by atoms with van der Waals surface area (Å²) in [6, 6.07) is 10.3. The number of nitrogens with one attached hydrogen (secondary N) is 1. The van der Waals surface area contributed by atoms with Crippen LogP contribution in [0.2, 0.25) is 5.02 Å². The van der Waals surface area contributed by atoms with E-state index in [-0.39, 0.29) is 0 Å². The number of rotatable bonds is 7. The number of benzene rings is 1. The lowest BCUT2D eigenvalue weighted by Crippen LogP contribution is -2.30. The molecule has 138 valence electrons. The van der Waals surface area contributed by atoms with Crippen LogP contribution in [0, 0.1) is 0 Å². The van der Waals surface area contributed by atoms with Crippen LogP contribution in [-0.2, 0) is 9.53 Å². The third kappa shape index (κ3) is 5.20. The predicted molar refractivity (Wildman–Crippen MR) is 103 cm³/mol. The number of ether oxygens (including phenoxy) is 1. The van der Waals surface area contributed by atoms with Crippen LogP contribution in [0.1, 0.15) is 31.1 Å². The summed E-state index contributed by atoms with van der Waals surface area (Å²) >= 11 is 5.75. The zero-order valence-electron chi connectivity index (χ0n) is 15.0. The van der Waals surface area contributed by atoms with E-state index in [2.05, 4.69) is 29.0 Å². The van der Waals surface area contributed by atoms with E-state index in [1.807, 2.05) is 12.1 Å². The van der Waals surface area contributed by atoms with Crippen LogP contribution < -0.4 is 10.2 Å². The fraction of sp³-hybridized carbons (Fsp3) is 0.316. The lowest BCUT2D eigenvalue weighted by atomic mass is 10.2. The van der Waals surface area contributed by atoms with Crippen LogP contribution in [0.3, 0.4) is 0 Å². The molecule has 0 aliphatic rings. The lowest BCUT2D eigenvalue weighted by molar-refractivity contribution is -0.123. The Bertz CT molecular complexity index is 744. The number of amides is 1. The van der Waals surface area contributed by atoms with Crippen molar-refractivity contribution >= 4 is 35.0 Å². The minimum absolute atomic E-state index is 0.339. The van der Waals surface area contributed by atoms with Gasteiger partial charge in [-0.05, 0) is 57.2 Å². The molecule has 0 radical (unpaired) electrons. The van der Waals surface area contributed by atoms with E-state index in [9.17, 15) is 9.59 Å². The molecule has 2 aromatic rings. The van der Waals surface area contributed by atoms with Crippen molar-refractivity contribution in [2.45, 2.75) is 26.9 Å². The van der Waals surface area contributed by atoms with Gasteiger partial charge in [0.05, 0.1) is 10.6 Å². The average Bonchev–Trinajstić information content (AvgIpc) is 2.65. The smallest absolute Gasteiger partial charge is 0.338 e. The van der Waals surface area contributed by atoms with Crippen LogP contribution in [0.25, 0.3) is 0 Å². The van der Waals surface area contributed by atoms with Gasteiger partial charge in [-0.1, -0.05) is 11.6 Å². The average molecular weight is 376 g/mol. The highest BCUT2D eigenvalue weighted by Gasteiger charge is 2.19. The van der Waals surface area contributed by atoms with Crippen LogP contribution in [0.15, 0.2) is 42.6 Å². The summed E-state index contributed by atoms with van der Waals surface area (Å²) < 4.78 is 5.23. The summed E-state index contributed by atoms with van der Waals surface area (Å²) in [6.07, 6.45) is 0.466. The number of carbonyl (C=O) groups is 2. The number of anilines is 2. The van der Waals surface area contributed by atoms with Crippen molar-refractivity contribution in [2.75, 3.05) is 23.3 Å². The highest BCUT2D eigenvalue weighted by atomic mass is 35.5. The quantitative estimate of drug-likeness (QED) is 0.746. The molecule has 0 saturated heterocycles. The van der Waals surface area contributed by atoms with E-state index in [0.717, 1.165) is 18.8 Å².